The molecule has 0 saturated carbocycles. The van der Waals surface area contributed by atoms with Gasteiger partial charge < -0.3 is 15.5 Å². The number of carbonyl (C=O) groups excluding carboxylic acids is 1. The summed E-state index contributed by atoms with van der Waals surface area (Å²) in [5.74, 6) is -0.315. The van der Waals surface area contributed by atoms with E-state index in [0.29, 0.717) is 16.6 Å². The first-order valence-electron chi connectivity index (χ1n) is 7.15. The summed E-state index contributed by atoms with van der Waals surface area (Å²) in [6.45, 7) is 2.14. The van der Waals surface area contributed by atoms with Gasteiger partial charge in [-0.2, -0.15) is 0 Å². The predicted octanol–water partition coefficient (Wildman–Crippen LogP) is 3.86. The molecule has 1 unspecified atom stereocenters. The Morgan fingerprint density at radius 2 is 1.79 bits per heavy atom. The SMILES string of the molecule is CC(CNC(=O)c1cc(Br)ccc1O)N=Cc1cc(Br)ccc1O. The highest BCUT2D eigenvalue weighted by atomic mass is 79.9. The number of hydrogen-bond acceptors (Lipinski definition) is 4. The molecule has 0 aliphatic carbocycles. The summed E-state index contributed by atoms with van der Waals surface area (Å²) < 4.78 is 1.55. The quantitative estimate of drug-likeness (QED) is 0.598. The van der Waals surface area contributed by atoms with E-state index in [2.05, 4.69) is 42.2 Å². The lowest BCUT2D eigenvalue weighted by molar-refractivity contribution is 0.0949. The van der Waals surface area contributed by atoms with E-state index >= 15 is 0 Å². The molecule has 2 aromatic rings. The molecule has 126 valence electrons. The molecule has 0 fully saturated rings. The molecule has 0 aliphatic rings. The summed E-state index contributed by atoms with van der Waals surface area (Å²) in [6, 6.07) is 9.54. The van der Waals surface area contributed by atoms with Crippen molar-refractivity contribution in [2.45, 2.75) is 13.0 Å². The van der Waals surface area contributed by atoms with Crippen LogP contribution in [0, 0.1) is 0 Å². The highest BCUT2D eigenvalue weighted by Crippen LogP contribution is 2.22. The average molecular weight is 456 g/mol. The molecule has 0 aliphatic heterocycles. The number of phenols is 2. The van der Waals surface area contributed by atoms with Gasteiger partial charge in [-0.3, -0.25) is 9.79 Å². The minimum absolute atomic E-state index is 0.0779. The van der Waals surface area contributed by atoms with Crippen molar-refractivity contribution in [3.05, 3.63) is 56.5 Å². The molecule has 0 heterocycles. The van der Waals surface area contributed by atoms with Crippen LogP contribution in [-0.4, -0.2) is 34.9 Å². The molecule has 3 N–H and O–H groups in total. The van der Waals surface area contributed by atoms with E-state index in [4.69, 9.17) is 0 Å². The maximum atomic E-state index is 12.1. The Morgan fingerprint density at radius 3 is 2.50 bits per heavy atom. The van der Waals surface area contributed by atoms with Gasteiger partial charge in [0.25, 0.3) is 5.91 Å². The van der Waals surface area contributed by atoms with Crippen LogP contribution in [0.15, 0.2) is 50.3 Å². The number of aromatic hydroxyl groups is 2. The third-order valence-corrected chi connectivity index (χ3v) is 4.21. The zero-order valence-corrected chi connectivity index (χ0v) is 16.0. The van der Waals surface area contributed by atoms with Crippen LogP contribution in [0.1, 0.15) is 22.8 Å². The number of nitrogens with one attached hydrogen (secondary N) is 1. The summed E-state index contributed by atoms with van der Waals surface area (Å²) in [6.07, 6.45) is 1.56. The van der Waals surface area contributed by atoms with Crippen LogP contribution >= 0.6 is 31.9 Å². The zero-order chi connectivity index (χ0) is 17.7. The lowest BCUT2D eigenvalue weighted by atomic mass is 10.2. The number of nitrogens with zero attached hydrogens (tertiary/aromatic N) is 1. The number of amides is 1. The van der Waals surface area contributed by atoms with Gasteiger partial charge in [-0.1, -0.05) is 31.9 Å². The van der Waals surface area contributed by atoms with Crippen molar-refractivity contribution in [3.63, 3.8) is 0 Å². The second kappa shape index (κ2) is 8.30. The lowest BCUT2D eigenvalue weighted by Gasteiger charge is -2.10. The molecule has 7 heteroatoms. The van der Waals surface area contributed by atoms with Crippen LogP contribution in [0.25, 0.3) is 0 Å². The summed E-state index contributed by atoms with van der Waals surface area (Å²) in [5, 5.41) is 22.2. The molecule has 1 amide bonds. The molecule has 0 bridgehead atoms. The van der Waals surface area contributed by atoms with Gasteiger partial charge in [-0.25, -0.2) is 0 Å². The topological polar surface area (TPSA) is 81.9 Å². The summed E-state index contributed by atoms with van der Waals surface area (Å²) in [4.78, 5) is 16.4. The fourth-order valence-electron chi connectivity index (χ4n) is 1.91. The first-order valence-corrected chi connectivity index (χ1v) is 8.74. The van der Waals surface area contributed by atoms with E-state index in [-0.39, 0.29) is 29.0 Å². The zero-order valence-electron chi connectivity index (χ0n) is 12.8. The first kappa shape index (κ1) is 18.5. The average Bonchev–Trinajstić information content (AvgIpc) is 2.55. The molecule has 2 aromatic carbocycles. The van der Waals surface area contributed by atoms with Gasteiger partial charge in [0.15, 0.2) is 0 Å². The van der Waals surface area contributed by atoms with Gasteiger partial charge in [0.1, 0.15) is 11.5 Å². The minimum Gasteiger partial charge on any atom is -0.507 e. The smallest absolute Gasteiger partial charge is 0.255 e. The number of benzene rings is 2. The molecule has 0 radical (unpaired) electrons. The van der Waals surface area contributed by atoms with Crippen molar-refractivity contribution in [1.82, 2.24) is 5.32 Å². The van der Waals surface area contributed by atoms with E-state index in [9.17, 15) is 15.0 Å². The Hall–Kier alpha value is -1.86. The Bertz CT molecular complexity index is 778. The maximum Gasteiger partial charge on any atom is 0.255 e. The number of aliphatic imine (C=N–C) groups is 1. The molecule has 24 heavy (non-hydrogen) atoms. The summed E-state index contributed by atoms with van der Waals surface area (Å²) in [7, 11) is 0. The molecule has 1 atom stereocenters. The minimum atomic E-state index is -0.374. The Morgan fingerprint density at radius 1 is 1.17 bits per heavy atom. The molecule has 0 saturated heterocycles. The van der Waals surface area contributed by atoms with E-state index in [1.807, 2.05) is 6.92 Å². The monoisotopic (exact) mass is 454 g/mol. The van der Waals surface area contributed by atoms with Crippen molar-refractivity contribution in [2.75, 3.05) is 6.54 Å². The van der Waals surface area contributed by atoms with Crippen LogP contribution in [0.4, 0.5) is 0 Å². The number of carbonyl (C=O) groups is 1. The Labute approximate surface area is 156 Å². The van der Waals surface area contributed by atoms with Gasteiger partial charge in [0, 0.05) is 27.3 Å². The second-order valence-corrected chi connectivity index (χ2v) is 7.03. The van der Waals surface area contributed by atoms with Crippen molar-refractivity contribution < 1.29 is 15.0 Å². The van der Waals surface area contributed by atoms with Crippen LogP contribution in [0.2, 0.25) is 0 Å². The Kier molecular flexibility index (Phi) is 6.39. The largest absolute Gasteiger partial charge is 0.507 e. The van der Waals surface area contributed by atoms with Crippen LogP contribution in [0.3, 0.4) is 0 Å². The molecule has 0 aromatic heterocycles. The maximum absolute atomic E-state index is 12.1. The molecular weight excluding hydrogens is 440 g/mol. The number of rotatable bonds is 5. The van der Waals surface area contributed by atoms with Crippen molar-refractivity contribution in [2.24, 2.45) is 4.99 Å². The first-order chi connectivity index (χ1) is 11.4. The molecule has 5 nitrogen and oxygen atoms in total. The standard InChI is InChI=1S/C17H16Br2N2O3/c1-10(20-9-11-6-12(18)2-4-15(11)22)8-21-17(24)14-7-13(19)3-5-16(14)23/h2-7,9-10,22-23H,8H2,1H3,(H,21,24). The van der Waals surface area contributed by atoms with E-state index in [1.54, 1.807) is 36.5 Å². The Balaban J connectivity index is 1.96. The molecule has 0 spiro atoms. The van der Waals surface area contributed by atoms with Gasteiger partial charge in [-0.15, -0.1) is 0 Å². The predicted molar refractivity (Wildman–Crippen MR) is 101 cm³/mol. The van der Waals surface area contributed by atoms with Gasteiger partial charge in [0.2, 0.25) is 0 Å². The summed E-state index contributed by atoms with van der Waals surface area (Å²) in [5.41, 5.74) is 0.789. The van der Waals surface area contributed by atoms with Crippen LogP contribution in [-0.2, 0) is 0 Å². The normalized spacial score (nSPS) is 12.3. The van der Waals surface area contributed by atoms with E-state index < -0.39 is 0 Å². The third kappa shape index (κ3) is 5.07. The summed E-state index contributed by atoms with van der Waals surface area (Å²) >= 11 is 6.60. The van der Waals surface area contributed by atoms with E-state index in [1.165, 1.54) is 6.07 Å². The van der Waals surface area contributed by atoms with Crippen molar-refractivity contribution >= 4 is 44.0 Å². The van der Waals surface area contributed by atoms with Gasteiger partial charge >= 0.3 is 0 Å². The molecular formula is C17H16Br2N2O3. The fraction of sp³-hybridized carbons (Fsp3) is 0.176. The highest BCUT2D eigenvalue weighted by molar-refractivity contribution is 9.10. The van der Waals surface area contributed by atoms with E-state index in [0.717, 1.165) is 4.47 Å². The van der Waals surface area contributed by atoms with Crippen LogP contribution in [0.5, 0.6) is 11.5 Å². The van der Waals surface area contributed by atoms with Crippen LogP contribution < -0.4 is 5.32 Å². The van der Waals surface area contributed by atoms with Crippen molar-refractivity contribution in [3.8, 4) is 11.5 Å². The van der Waals surface area contributed by atoms with Gasteiger partial charge in [-0.05, 0) is 43.3 Å². The van der Waals surface area contributed by atoms with Crippen molar-refractivity contribution in [1.29, 1.82) is 0 Å². The highest BCUT2D eigenvalue weighted by Gasteiger charge is 2.12. The number of hydrogen-bond donors (Lipinski definition) is 3. The third-order valence-electron chi connectivity index (χ3n) is 3.22. The fourth-order valence-corrected chi connectivity index (χ4v) is 2.65. The lowest BCUT2D eigenvalue weighted by Crippen LogP contribution is -2.30. The molecule has 2 rings (SSSR count). The number of halogens is 2. The second-order valence-electron chi connectivity index (χ2n) is 5.20. The number of phenolic OH excluding ortho intramolecular Hbond substituents is 2. The van der Waals surface area contributed by atoms with Gasteiger partial charge in [0.05, 0.1) is 11.6 Å².